The summed E-state index contributed by atoms with van der Waals surface area (Å²) < 4.78 is 41.0. The van der Waals surface area contributed by atoms with Gasteiger partial charge in [0.05, 0.1) is 0 Å². The van der Waals surface area contributed by atoms with Gasteiger partial charge in [-0.05, 0) is 40.0 Å². The van der Waals surface area contributed by atoms with Crippen molar-refractivity contribution in [3.05, 3.63) is 11.6 Å². The molecule has 98 valence electrons. The monoisotopic (exact) mass is 250 g/mol. The number of hydrogen-bond donors (Lipinski definition) is 0. The van der Waals surface area contributed by atoms with Gasteiger partial charge < -0.3 is 4.74 Å². The van der Waals surface area contributed by atoms with E-state index in [2.05, 4.69) is 10.8 Å². The van der Waals surface area contributed by atoms with Crippen LogP contribution in [0.15, 0.2) is 11.6 Å². The highest BCUT2D eigenvalue weighted by molar-refractivity contribution is 5.76. The third kappa shape index (κ3) is 3.75. The molecule has 1 rings (SSSR count). The molecule has 0 aromatic carbocycles. The summed E-state index contributed by atoms with van der Waals surface area (Å²) in [6, 6.07) is 0. The largest absolute Gasteiger partial charge is 0.490 e. The van der Waals surface area contributed by atoms with E-state index in [-0.39, 0.29) is 5.92 Å². The number of rotatable bonds is 2. The van der Waals surface area contributed by atoms with Gasteiger partial charge >= 0.3 is 12.1 Å². The average Bonchev–Trinajstić information content (AvgIpc) is 2.15. The first-order valence-corrected chi connectivity index (χ1v) is 5.58. The lowest BCUT2D eigenvalue weighted by atomic mass is 9.79. The minimum Gasteiger partial charge on any atom is -0.453 e. The first-order valence-electron chi connectivity index (χ1n) is 5.58. The molecule has 0 aliphatic heterocycles. The second kappa shape index (κ2) is 4.70. The van der Waals surface area contributed by atoms with E-state index in [1.807, 2.05) is 6.92 Å². The molecule has 5 heteroatoms. The Morgan fingerprint density at radius 1 is 1.41 bits per heavy atom. The summed E-state index contributed by atoms with van der Waals surface area (Å²) in [7, 11) is 0. The fourth-order valence-electron chi connectivity index (χ4n) is 2.08. The highest BCUT2D eigenvalue weighted by Crippen LogP contribution is 2.36. The molecule has 0 fully saturated rings. The molecule has 0 aromatic heterocycles. The van der Waals surface area contributed by atoms with E-state index in [1.165, 1.54) is 0 Å². The van der Waals surface area contributed by atoms with E-state index in [9.17, 15) is 18.0 Å². The molecule has 0 saturated carbocycles. The Hall–Kier alpha value is -1.00. The molecule has 0 saturated heterocycles. The highest BCUT2D eigenvalue weighted by atomic mass is 19.4. The number of ether oxygens (including phenoxy) is 1. The van der Waals surface area contributed by atoms with Crippen molar-refractivity contribution in [2.45, 2.75) is 51.8 Å². The normalized spacial score (nSPS) is 22.0. The molecule has 0 amide bonds. The highest BCUT2D eigenvalue weighted by Gasteiger charge is 2.45. The van der Waals surface area contributed by atoms with Gasteiger partial charge in [-0.1, -0.05) is 11.6 Å². The molecule has 0 radical (unpaired) electrons. The Balaban J connectivity index is 2.69. The third-order valence-electron chi connectivity index (χ3n) is 3.15. The van der Waals surface area contributed by atoms with Crippen LogP contribution in [0.4, 0.5) is 13.2 Å². The lowest BCUT2D eigenvalue weighted by Crippen LogP contribution is -2.41. The molecule has 2 nitrogen and oxygen atoms in total. The number of carbonyl (C=O) groups excluding carboxylic acids is 1. The summed E-state index contributed by atoms with van der Waals surface area (Å²) in [4.78, 5) is 10.8. The van der Waals surface area contributed by atoms with Crippen molar-refractivity contribution >= 4 is 5.97 Å². The van der Waals surface area contributed by atoms with Gasteiger partial charge in [0.25, 0.3) is 0 Å². The Morgan fingerprint density at radius 3 is 2.47 bits per heavy atom. The van der Waals surface area contributed by atoms with Crippen LogP contribution in [-0.4, -0.2) is 17.7 Å². The van der Waals surface area contributed by atoms with Crippen molar-refractivity contribution in [3.8, 4) is 0 Å². The maximum absolute atomic E-state index is 12.1. The first-order chi connectivity index (χ1) is 7.63. The molecule has 0 spiro atoms. The SMILES string of the molecule is CC1=CCCC(C(C)(C)OC(=O)C(F)(F)F)C1. The Labute approximate surface area is 98.8 Å². The average molecular weight is 250 g/mol. The number of carbonyl (C=O) groups is 1. The van der Waals surface area contributed by atoms with Crippen LogP contribution in [-0.2, 0) is 9.53 Å². The number of allylic oxidation sites excluding steroid dienone is 2. The van der Waals surface area contributed by atoms with Gasteiger partial charge in [-0.15, -0.1) is 0 Å². The van der Waals surface area contributed by atoms with E-state index in [1.54, 1.807) is 13.8 Å². The Morgan fingerprint density at radius 2 is 2.00 bits per heavy atom. The van der Waals surface area contributed by atoms with Gasteiger partial charge in [-0.2, -0.15) is 13.2 Å². The fourth-order valence-corrected chi connectivity index (χ4v) is 2.08. The van der Waals surface area contributed by atoms with Crippen LogP contribution in [0.1, 0.15) is 40.0 Å². The zero-order chi connectivity index (χ0) is 13.3. The van der Waals surface area contributed by atoms with Crippen LogP contribution in [0.25, 0.3) is 0 Å². The topological polar surface area (TPSA) is 26.3 Å². The predicted octanol–water partition coefficient (Wildman–Crippen LogP) is 3.62. The summed E-state index contributed by atoms with van der Waals surface area (Å²) >= 11 is 0. The van der Waals surface area contributed by atoms with Crippen LogP contribution >= 0.6 is 0 Å². The smallest absolute Gasteiger partial charge is 0.453 e. The zero-order valence-corrected chi connectivity index (χ0v) is 10.2. The van der Waals surface area contributed by atoms with Crippen molar-refractivity contribution < 1.29 is 22.7 Å². The van der Waals surface area contributed by atoms with Gasteiger partial charge in [0.1, 0.15) is 5.60 Å². The lowest BCUT2D eigenvalue weighted by Gasteiger charge is -2.36. The van der Waals surface area contributed by atoms with E-state index in [0.29, 0.717) is 6.42 Å². The first kappa shape index (κ1) is 14.1. The van der Waals surface area contributed by atoms with Crippen molar-refractivity contribution in [2.75, 3.05) is 0 Å². The van der Waals surface area contributed by atoms with Crippen LogP contribution in [0, 0.1) is 5.92 Å². The maximum Gasteiger partial charge on any atom is 0.490 e. The van der Waals surface area contributed by atoms with Crippen molar-refractivity contribution in [1.82, 2.24) is 0 Å². The van der Waals surface area contributed by atoms with Crippen molar-refractivity contribution in [1.29, 1.82) is 0 Å². The summed E-state index contributed by atoms with van der Waals surface area (Å²) in [6.45, 7) is 5.02. The lowest BCUT2D eigenvalue weighted by molar-refractivity contribution is -0.215. The molecular formula is C12H17F3O2. The Bertz CT molecular complexity index is 329. The Kier molecular flexibility index (Phi) is 3.89. The minimum atomic E-state index is -4.92. The summed E-state index contributed by atoms with van der Waals surface area (Å²) in [5.74, 6) is -2.16. The number of halogens is 3. The molecule has 1 aliphatic rings. The molecule has 0 bridgehead atoms. The van der Waals surface area contributed by atoms with Gasteiger partial charge in [-0.3, -0.25) is 0 Å². The number of esters is 1. The third-order valence-corrected chi connectivity index (χ3v) is 3.15. The summed E-state index contributed by atoms with van der Waals surface area (Å²) in [6.07, 6.45) is -0.605. The molecule has 0 heterocycles. The minimum absolute atomic E-state index is 0.0567. The zero-order valence-electron chi connectivity index (χ0n) is 10.2. The van der Waals surface area contributed by atoms with Crippen LogP contribution in [0.5, 0.6) is 0 Å². The standard InChI is InChI=1S/C12H17F3O2/c1-8-5-4-6-9(7-8)11(2,3)17-10(16)12(13,14)15/h5,9H,4,6-7H2,1-3H3. The number of hydrogen-bond acceptors (Lipinski definition) is 2. The van der Waals surface area contributed by atoms with E-state index in [0.717, 1.165) is 18.4 Å². The van der Waals surface area contributed by atoms with Gasteiger partial charge in [0, 0.05) is 5.92 Å². The van der Waals surface area contributed by atoms with Crippen molar-refractivity contribution in [3.63, 3.8) is 0 Å². The van der Waals surface area contributed by atoms with Crippen LogP contribution in [0.2, 0.25) is 0 Å². The molecule has 1 aliphatic carbocycles. The second-order valence-electron chi connectivity index (χ2n) is 5.02. The predicted molar refractivity (Wildman–Crippen MR) is 57.3 cm³/mol. The molecule has 0 N–H and O–H groups in total. The van der Waals surface area contributed by atoms with Crippen molar-refractivity contribution in [2.24, 2.45) is 5.92 Å². The number of alkyl halides is 3. The molecular weight excluding hydrogens is 233 g/mol. The summed E-state index contributed by atoms with van der Waals surface area (Å²) in [5, 5.41) is 0. The van der Waals surface area contributed by atoms with Gasteiger partial charge in [-0.25, -0.2) is 4.79 Å². The summed E-state index contributed by atoms with van der Waals surface area (Å²) in [5.41, 5.74) is 0.0552. The molecule has 17 heavy (non-hydrogen) atoms. The second-order valence-corrected chi connectivity index (χ2v) is 5.02. The van der Waals surface area contributed by atoms with Crippen LogP contribution < -0.4 is 0 Å². The van der Waals surface area contributed by atoms with E-state index in [4.69, 9.17) is 0 Å². The van der Waals surface area contributed by atoms with Crippen LogP contribution in [0.3, 0.4) is 0 Å². The van der Waals surface area contributed by atoms with Gasteiger partial charge in [0.2, 0.25) is 0 Å². The van der Waals surface area contributed by atoms with E-state index >= 15 is 0 Å². The molecule has 0 aromatic rings. The quantitative estimate of drug-likeness (QED) is 0.552. The molecule has 1 unspecified atom stereocenters. The molecule has 1 atom stereocenters. The van der Waals surface area contributed by atoms with E-state index < -0.39 is 17.7 Å². The van der Waals surface area contributed by atoms with Gasteiger partial charge in [0.15, 0.2) is 0 Å². The fraction of sp³-hybridized carbons (Fsp3) is 0.750. The maximum atomic E-state index is 12.1.